The number of aromatic nitrogens is 1. The molecule has 1 aromatic rings. The first kappa shape index (κ1) is 12.0. The third-order valence-corrected chi connectivity index (χ3v) is 2.42. The fourth-order valence-electron chi connectivity index (χ4n) is 1.34. The van der Waals surface area contributed by atoms with Crippen LogP contribution in [0.1, 0.15) is 12.5 Å². The smallest absolute Gasteiger partial charge is 0.147 e. The van der Waals surface area contributed by atoms with E-state index in [2.05, 4.69) is 23.4 Å². The first-order valence-electron chi connectivity index (χ1n) is 4.93. The summed E-state index contributed by atoms with van der Waals surface area (Å²) < 4.78 is 0. The molecule has 0 saturated heterocycles. The molecule has 0 fully saturated rings. The summed E-state index contributed by atoms with van der Waals surface area (Å²) in [6.45, 7) is 7.81. The standard InChI is InChI=1S/C11H16ClN3/c1-3-5-15(4-2)11-10(12)6-9(7-13)8-14-11/h3,6,8H,1,4-5,7,13H2,2H3. The summed E-state index contributed by atoms with van der Waals surface area (Å²) in [5, 5.41) is 0.640. The van der Waals surface area contributed by atoms with Gasteiger partial charge in [0.1, 0.15) is 5.82 Å². The van der Waals surface area contributed by atoms with Crippen molar-refractivity contribution < 1.29 is 0 Å². The third-order valence-electron chi connectivity index (χ3n) is 2.14. The maximum atomic E-state index is 6.12. The number of hydrogen-bond donors (Lipinski definition) is 1. The van der Waals surface area contributed by atoms with Crippen molar-refractivity contribution in [3.63, 3.8) is 0 Å². The Bertz CT molecular complexity index is 339. The van der Waals surface area contributed by atoms with Gasteiger partial charge >= 0.3 is 0 Å². The van der Waals surface area contributed by atoms with Gasteiger partial charge in [-0.15, -0.1) is 6.58 Å². The van der Waals surface area contributed by atoms with E-state index in [0.717, 1.165) is 24.5 Å². The van der Waals surface area contributed by atoms with Gasteiger partial charge in [0.25, 0.3) is 0 Å². The van der Waals surface area contributed by atoms with E-state index in [4.69, 9.17) is 17.3 Å². The molecule has 0 spiro atoms. The Morgan fingerprint density at radius 2 is 2.40 bits per heavy atom. The lowest BCUT2D eigenvalue weighted by Crippen LogP contribution is -2.24. The van der Waals surface area contributed by atoms with Gasteiger partial charge in [-0.2, -0.15) is 0 Å². The van der Waals surface area contributed by atoms with Crippen LogP contribution in [0.3, 0.4) is 0 Å². The number of rotatable bonds is 5. The summed E-state index contributed by atoms with van der Waals surface area (Å²) in [4.78, 5) is 6.36. The molecule has 15 heavy (non-hydrogen) atoms. The average molecular weight is 226 g/mol. The van der Waals surface area contributed by atoms with E-state index in [0.29, 0.717) is 11.6 Å². The van der Waals surface area contributed by atoms with Crippen LogP contribution >= 0.6 is 11.6 Å². The van der Waals surface area contributed by atoms with E-state index in [1.165, 1.54) is 0 Å². The van der Waals surface area contributed by atoms with E-state index in [9.17, 15) is 0 Å². The molecule has 0 atom stereocenters. The van der Waals surface area contributed by atoms with Crippen LogP contribution in [0.25, 0.3) is 0 Å². The van der Waals surface area contributed by atoms with Gasteiger partial charge in [0, 0.05) is 25.8 Å². The van der Waals surface area contributed by atoms with Crippen LogP contribution in [0.5, 0.6) is 0 Å². The zero-order chi connectivity index (χ0) is 11.3. The van der Waals surface area contributed by atoms with Crippen LogP contribution in [-0.4, -0.2) is 18.1 Å². The second-order valence-electron chi connectivity index (χ2n) is 3.18. The maximum Gasteiger partial charge on any atom is 0.147 e. The highest BCUT2D eigenvalue weighted by atomic mass is 35.5. The monoisotopic (exact) mass is 225 g/mol. The van der Waals surface area contributed by atoms with Crippen molar-refractivity contribution in [2.75, 3.05) is 18.0 Å². The summed E-state index contributed by atoms with van der Waals surface area (Å²) >= 11 is 6.12. The molecular formula is C11H16ClN3. The molecule has 0 aromatic carbocycles. The summed E-state index contributed by atoms with van der Waals surface area (Å²) in [5.41, 5.74) is 6.45. The zero-order valence-corrected chi connectivity index (χ0v) is 9.67. The van der Waals surface area contributed by atoms with Crippen LogP contribution in [0, 0.1) is 0 Å². The number of nitrogens with two attached hydrogens (primary N) is 1. The molecule has 0 aliphatic rings. The van der Waals surface area contributed by atoms with Gasteiger partial charge in [0.15, 0.2) is 0 Å². The highest BCUT2D eigenvalue weighted by Gasteiger charge is 2.09. The van der Waals surface area contributed by atoms with Crippen LogP contribution < -0.4 is 10.6 Å². The van der Waals surface area contributed by atoms with Gasteiger partial charge in [-0.05, 0) is 18.6 Å². The number of nitrogens with zero attached hydrogens (tertiary/aromatic N) is 2. The molecule has 0 saturated carbocycles. The predicted molar refractivity (Wildman–Crippen MR) is 65.2 cm³/mol. The van der Waals surface area contributed by atoms with E-state index in [-0.39, 0.29) is 0 Å². The Balaban J connectivity index is 2.97. The number of halogens is 1. The van der Waals surface area contributed by atoms with Crippen molar-refractivity contribution in [3.8, 4) is 0 Å². The maximum absolute atomic E-state index is 6.12. The van der Waals surface area contributed by atoms with Crippen LogP contribution in [0.2, 0.25) is 5.02 Å². The molecule has 82 valence electrons. The highest BCUT2D eigenvalue weighted by molar-refractivity contribution is 6.33. The molecule has 0 amide bonds. The van der Waals surface area contributed by atoms with Crippen LogP contribution in [0.4, 0.5) is 5.82 Å². The molecule has 4 heteroatoms. The molecule has 1 rings (SSSR count). The molecule has 0 bridgehead atoms. The minimum atomic E-state index is 0.459. The molecule has 0 aliphatic heterocycles. The molecule has 2 N–H and O–H groups in total. The topological polar surface area (TPSA) is 42.2 Å². The normalized spacial score (nSPS) is 10.1. The Kier molecular flexibility index (Phi) is 4.59. The minimum Gasteiger partial charge on any atom is -0.352 e. The van der Waals surface area contributed by atoms with Gasteiger partial charge in [0.05, 0.1) is 5.02 Å². The largest absolute Gasteiger partial charge is 0.352 e. The fraction of sp³-hybridized carbons (Fsp3) is 0.364. The number of likely N-dealkylation sites (N-methyl/N-ethyl adjacent to an activating group) is 1. The van der Waals surface area contributed by atoms with Crippen molar-refractivity contribution in [3.05, 3.63) is 35.5 Å². The number of pyridine rings is 1. The van der Waals surface area contributed by atoms with Gasteiger partial charge in [-0.3, -0.25) is 0 Å². The summed E-state index contributed by atoms with van der Waals surface area (Å²) in [5.74, 6) is 0.788. The van der Waals surface area contributed by atoms with Crippen LogP contribution in [0.15, 0.2) is 24.9 Å². The molecule has 0 aliphatic carbocycles. The summed E-state index contributed by atoms with van der Waals surface area (Å²) in [7, 11) is 0. The van der Waals surface area contributed by atoms with Crippen molar-refractivity contribution in [2.45, 2.75) is 13.5 Å². The lowest BCUT2D eigenvalue weighted by Gasteiger charge is -2.21. The molecule has 3 nitrogen and oxygen atoms in total. The molecular weight excluding hydrogens is 210 g/mol. The summed E-state index contributed by atoms with van der Waals surface area (Å²) in [6, 6.07) is 1.86. The number of anilines is 1. The lowest BCUT2D eigenvalue weighted by atomic mass is 10.3. The molecule has 1 heterocycles. The van der Waals surface area contributed by atoms with Gasteiger partial charge in [-0.25, -0.2) is 4.98 Å². The molecule has 0 radical (unpaired) electrons. The first-order valence-corrected chi connectivity index (χ1v) is 5.31. The van der Waals surface area contributed by atoms with E-state index >= 15 is 0 Å². The minimum absolute atomic E-state index is 0.459. The van der Waals surface area contributed by atoms with Gasteiger partial charge in [-0.1, -0.05) is 17.7 Å². The number of hydrogen-bond acceptors (Lipinski definition) is 3. The van der Waals surface area contributed by atoms with Crippen molar-refractivity contribution in [1.82, 2.24) is 4.98 Å². The Morgan fingerprint density at radius 3 is 2.87 bits per heavy atom. The van der Waals surface area contributed by atoms with E-state index in [1.807, 2.05) is 12.1 Å². The molecule has 1 aromatic heterocycles. The third kappa shape index (κ3) is 2.94. The Labute approximate surface area is 95.6 Å². The van der Waals surface area contributed by atoms with Gasteiger partial charge < -0.3 is 10.6 Å². The average Bonchev–Trinajstić information content (AvgIpc) is 2.26. The summed E-state index contributed by atoms with van der Waals surface area (Å²) in [6.07, 6.45) is 3.59. The predicted octanol–water partition coefficient (Wildman–Crippen LogP) is 2.21. The van der Waals surface area contributed by atoms with E-state index < -0.39 is 0 Å². The highest BCUT2D eigenvalue weighted by Crippen LogP contribution is 2.23. The first-order chi connectivity index (χ1) is 7.22. The van der Waals surface area contributed by atoms with Crippen molar-refractivity contribution in [2.24, 2.45) is 5.73 Å². The second kappa shape index (κ2) is 5.73. The van der Waals surface area contributed by atoms with Gasteiger partial charge in [0.2, 0.25) is 0 Å². The van der Waals surface area contributed by atoms with Crippen molar-refractivity contribution in [1.29, 1.82) is 0 Å². The second-order valence-corrected chi connectivity index (χ2v) is 3.59. The lowest BCUT2D eigenvalue weighted by molar-refractivity contribution is 0.879. The SMILES string of the molecule is C=CCN(CC)c1ncc(CN)cc1Cl. The quantitative estimate of drug-likeness (QED) is 0.782. The fourth-order valence-corrected chi connectivity index (χ4v) is 1.64. The molecule has 0 unspecified atom stereocenters. The van der Waals surface area contributed by atoms with Crippen LogP contribution in [-0.2, 0) is 6.54 Å². The zero-order valence-electron chi connectivity index (χ0n) is 8.91. The van der Waals surface area contributed by atoms with Crippen molar-refractivity contribution >= 4 is 17.4 Å². The van der Waals surface area contributed by atoms with E-state index in [1.54, 1.807) is 6.20 Å². The Hall–Kier alpha value is -1.06. The Morgan fingerprint density at radius 1 is 1.67 bits per heavy atom.